The molecule has 1 aliphatic rings. The lowest BCUT2D eigenvalue weighted by Crippen LogP contribution is -2.29. The van der Waals surface area contributed by atoms with Crippen molar-refractivity contribution in [2.75, 3.05) is 13.6 Å². The third-order valence-electron chi connectivity index (χ3n) is 3.55. The normalized spacial score (nSPS) is 15.2. The highest BCUT2D eigenvalue weighted by Gasteiger charge is 2.26. The van der Waals surface area contributed by atoms with Gasteiger partial charge in [0.25, 0.3) is 15.0 Å². The van der Waals surface area contributed by atoms with Crippen LogP contribution >= 0.6 is 10.7 Å². The zero-order valence-corrected chi connectivity index (χ0v) is 13.2. The van der Waals surface area contributed by atoms with Gasteiger partial charge in [-0.25, -0.2) is 8.42 Å². The molecule has 0 unspecified atom stereocenters. The van der Waals surface area contributed by atoms with E-state index in [4.69, 9.17) is 10.7 Å². The lowest BCUT2D eigenvalue weighted by atomic mass is 10.0. The minimum atomic E-state index is -3.82. The summed E-state index contributed by atoms with van der Waals surface area (Å²) in [5.41, 5.74) is 1.26. The molecule has 4 nitrogen and oxygen atoms in total. The maximum atomic E-state index is 12.5. The zero-order valence-electron chi connectivity index (χ0n) is 11.6. The van der Waals surface area contributed by atoms with E-state index in [2.05, 4.69) is 0 Å². The summed E-state index contributed by atoms with van der Waals surface area (Å²) in [5, 5.41) is 0. The summed E-state index contributed by atoms with van der Waals surface area (Å²) in [6.45, 7) is 2.65. The fourth-order valence-electron chi connectivity index (χ4n) is 2.19. The van der Waals surface area contributed by atoms with Gasteiger partial charge < -0.3 is 4.90 Å². The number of halogens is 1. The molecule has 20 heavy (non-hydrogen) atoms. The predicted molar refractivity (Wildman–Crippen MR) is 78.5 cm³/mol. The first-order valence-corrected chi connectivity index (χ1v) is 8.97. The summed E-state index contributed by atoms with van der Waals surface area (Å²) in [5.74, 6) is 0.449. The number of amides is 1. The van der Waals surface area contributed by atoms with Crippen LogP contribution in [0.3, 0.4) is 0 Å². The molecule has 0 aromatic heterocycles. The molecule has 1 fully saturated rings. The molecule has 0 aliphatic heterocycles. The van der Waals surface area contributed by atoms with Crippen LogP contribution in [-0.4, -0.2) is 32.8 Å². The van der Waals surface area contributed by atoms with Crippen LogP contribution in [0.5, 0.6) is 0 Å². The van der Waals surface area contributed by atoms with Gasteiger partial charge in [-0.3, -0.25) is 4.79 Å². The molecule has 0 heterocycles. The summed E-state index contributed by atoms with van der Waals surface area (Å²) in [6, 6.07) is 4.49. The molecule has 1 aliphatic carbocycles. The molecule has 6 heteroatoms. The van der Waals surface area contributed by atoms with Gasteiger partial charge in [-0.1, -0.05) is 13.0 Å². The van der Waals surface area contributed by atoms with E-state index in [0.717, 1.165) is 24.9 Å². The van der Waals surface area contributed by atoms with Gasteiger partial charge in [-0.15, -0.1) is 0 Å². The maximum Gasteiger partial charge on any atom is 0.261 e. The van der Waals surface area contributed by atoms with Crippen LogP contribution in [0.1, 0.15) is 35.7 Å². The molecule has 2 rings (SSSR count). The molecule has 0 atom stereocenters. The average Bonchev–Trinajstić information content (AvgIpc) is 3.19. The minimum Gasteiger partial charge on any atom is -0.341 e. The SMILES string of the molecule is CCc1ccc(S(=O)(=O)Cl)cc1C(=O)N(C)CC1CC1. The number of rotatable bonds is 5. The summed E-state index contributed by atoms with van der Waals surface area (Å²) in [6.07, 6.45) is 2.99. The summed E-state index contributed by atoms with van der Waals surface area (Å²) in [7, 11) is 3.29. The maximum absolute atomic E-state index is 12.5. The Morgan fingerprint density at radius 3 is 2.55 bits per heavy atom. The summed E-state index contributed by atoms with van der Waals surface area (Å²) < 4.78 is 22.8. The predicted octanol–water partition coefficient (Wildman–Crippen LogP) is 2.66. The van der Waals surface area contributed by atoms with Gasteiger partial charge in [-0.05, 0) is 42.9 Å². The van der Waals surface area contributed by atoms with Gasteiger partial charge in [0.05, 0.1) is 4.90 Å². The number of benzene rings is 1. The van der Waals surface area contributed by atoms with Crippen molar-refractivity contribution in [3.63, 3.8) is 0 Å². The molecular formula is C14H18ClNO3S. The van der Waals surface area contributed by atoms with E-state index in [1.165, 1.54) is 12.1 Å². The van der Waals surface area contributed by atoms with Crippen molar-refractivity contribution < 1.29 is 13.2 Å². The van der Waals surface area contributed by atoms with Crippen molar-refractivity contribution in [3.05, 3.63) is 29.3 Å². The first kappa shape index (κ1) is 15.3. The molecule has 0 radical (unpaired) electrons. The number of hydrogen-bond acceptors (Lipinski definition) is 3. The van der Waals surface area contributed by atoms with Gasteiger partial charge in [-0.2, -0.15) is 0 Å². The van der Waals surface area contributed by atoms with Gasteiger partial charge in [0.2, 0.25) is 0 Å². The standard InChI is InChI=1S/C14H18ClNO3S/c1-3-11-6-7-12(20(15,18)19)8-13(11)14(17)16(2)9-10-4-5-10/h6-8,10H,3-5,9H2,1-2H3. The van der Waals surface area contributed by atoms with Gasteiger partial charge in [0.1, 0.15) is 0 Å². The van der Waals surface area contributed by atoms with Crippen LogP contribution in [0.25, 0.3) is 0 Å². The van der Waals surface area contributed by atoms with E-state index in [-0.39, 0.29) is 10.8 Å². The second-order valence-electron chi connectivity index (χ2n) is 5.24. The quantitative estimate of drug-likeness (QED) is 0.785. The molecular weight excluding hydrogens is 298 g/mol. The Labute approximate surface area is 124 Å². The lowest BCUT2D eigenvalue weighted by molar-refractivity contribution is 0.0787. The van der Waals surface area contributed by atoms with Crippen molar-refractivity contribution in [2.45, 2.75) is 31.1 Å². The Balaban J connectivity index is 2.34. The molecule has 0 bridgehead atoms. The van der Waals surface area contributed by atoms with Crippen LogP contribution in [-0.2, 0) is 15.5 Å². The summed E-state index contributed by atoms with van der Waals surface area (Å²) in [4.78, 5) is 14.1. The highest BCUT2D eigenvalue weighted by atomic mass is 35.7. The monoisotopic (exact) mass is 315 g/mol. The van der Waals surface area contributed by atoms with Crippen molar-refractivity contribution >= 4 is 25.6 Å². The van der Waals surface area contributed by atoms with Gasteiger partial charge >= 0.3 is 0 Å². The Kier molecular flexibility index (Phi) is 4.39. The van der Waals surface area contributed by atoms with Crippen LogP contribution in [0.15, 0.2) is 23.1 Å². The number of carbonyl (C=O) groups is 1. The first-order chi connectivity index (χ1) is 9.32. The van der Waals surface area contributed by atoms with E-state index in [1.807, 2.05) is 6.92 Å². The average molecular weight is 316 g/mol. The molecule has 1 saturated carbocycles. The Hall–Kier alpha value is -1.07. The third-order valence-corrected chi connectivity index (χ3v) is 4.90. The Bertz CT molecular complexity index is 623. The van der Waals surface area contributed by atoms with E-state index >= 15 is 0 Å². The van der Waals surface area contributed by atoms with E-state index in [0.29, 0.717) is 17.9 Å². The topological polar surface area (TPSA) is 54.5 Å². The minimum absolute atomic E-state index is 0.0282. The van der Waals surface area contributed by atoms with Crippen LogP contribution in [0.2, 0.25) is 0 Å². The molecule has 0 spiro atoms. The van der Waals surface area contributed by atoms with Gasteiger partial charge in [0, 0.05) is 29.8 Å². The van der Waals surface area contributed by atoms with Crippen LogP contribution < -0.4 is 0 Å². The van der Waals surface area contributed by atoms with Crippen molar-refractivity contribution in [2.24, 2.45) is 5.92 Å². The van der Waals surface area contributed by atoms with Crippen molar-refractivity contribution in [1.29, 1.82) is 0 Å². The van der Waals surface area contributed by atoms with E-state index in [1.54, 1.807) is 18.0 Å². The van der Waals surface area contributed by atoms with Gasteiger partial charge in [0.15, 0.2) is 0 Å². The zero-order chi connectivity index (χ0) is 14.9. The number of nitrogens with zero attached hydrogens (tertiary/aromatic N) is 1. The fourth-order valence-corrected chi connectivity index (χ4v) is 2.97. The molecule has 0 saturated heterocycles. The van der Waals surface area contributed by atoms with Crippen LogP contribution in [0.4, 0.5) is 0 Å². The fraction of sp³-hybridized carbons (Fsp3) is 0.500. The largest absolute Gasteiger partial charge is 0.341 e. The van der Waals surface area contributed by atoms with E-state index < -0.39 is 9.05 Å². The molecule has 1 aromatic rings. The molecule has 110 valence electrons. The number of aryl methyl sites for hydroxylation is 1. The van der Waals surface area contributed by atoms with E-state index in [9.17, 15) is 13.2 Å². The number of hydrogen-bond donors (Lipinski definition) is 0. The second kappa shape index (κ2) is 5.74. The van der Waals surface area contributed by atoms with Crippen molar-refractivity contribution in [3.8, 4) is 0 Å². The first-order valence-electron chi connectivity index (χ1n) is 6.66. The second-order valence-corrected chi connectivity index (χ2v) is 7.81. The number of carbonyl (C=O) groups excluding carboxylic acids is 1. The highest BCUT2D eigenvalue weighted by molar-refractivity contribution is 8.13. The smallest absolute Gasteiger partial charge is 0.261 e. The molecule has 0 N–H and O–H groups in total. The summed E-state index contributed by atoms with van der Waals surface area (Å²) >= 11 is 0. The lowest BCUT2D eigenvalue weighted by Gasteiger charge is -2.19. The molecule has 1 amide bonds. The third kappa shape index (κ3) is 3.52. The van der Waals surface area contributed by atoms with Crippen molar-refractivity contribution in [1.82, 2.24) is 4.90 Å². The van der Waals surface area contributed by atoms with Crippen LogP contribution in [0, 0.1) is 5.92 Å². The molecule has 1 aromatic carbocycles. The Morgan fingerprint density at radius 1 is 1.40 bits per heavy atom. The highest BCUT2D eigenvalue weighted by Crippen LogP contribution is 2.30. The Morgan fingerprint density at radius 2 is 2.05 bits per heavy atom.